The van der Waals surface area contributed by atoms with Gasteiger partial charge in [0, 0.05) is 13.6 Å². The topological polar surface area (TPSA) is 101 Å². The summed E-state index contributed by atoms with van der Waals surface area (Å²) in [7, 11) is 1.43. The normalized spacial score (nSPS) is 22.6. The zero-order valence-corrected chi connectivity index (χ0v) is 21.5. The molecule has 4 rings (SSSR count). The molecule has 1 fully saturated rings. The van der Waals surface area contributed by atoms with Crippen molar-refractivity contribution in [2.45, 2.75) is 49.3 Å². The van der Waals surface area contributed by atoms with E-state index in [1.807, 2.05) is 0 Å². The molecule has 3 aromatic rings. The van der Waals surface area contributed by atoms with E-state index in [-0.39, 0.29) is 37.6 Å². The first-order chi connectivity index (χ1) is 18.7. The zero-order valence-electron chi connectivity index (χ0n) is 21.5. The second-order valence-corrected chi connectivity index (χ2v) is 9.74. The molecule has 14 heteroatoms. The summed E-state index contributed by atoms with van der Waals surface area (Å²) in [6.45, 7) is 1.18. The number of hydrogen-bond acceptors (Lipinski definition) is 5. The van der Waals surface area contributed by atoms with Crippen LogP contribution in [0.5, 0.6) is 0 Å². The van der Waals surface area contributed by atoms with Gasteiger partial charge in [0.15, 0.2) is 0 Å². The Morgan fingerprint density at radius 2 is 1.70 bits per heavy atom. The summed E-state index contributed by atoms with van der Waals surface area (Å²) in [6, 6.07) is 10.3. The molecule has 3 N–H and O–H groups in total. The maximum atomic E-state index is 13.4. The number of likely N-dealkylation sites (N-methyl/N-ethyl adjacent to an activating group) is 1. The molecule has 0 bridgehead atoms. The molecule has 1 amide bonds. The van der Waals surface area contributed by atoms with Gasteiger partial charge in [-0.3, -0.25) is 9.36 Å². The molecule has 3 atom stereocenters. The molecule has 1 aliphatic heterocycles. The summed E-state index contributed by atoms with van der Waals surface area (Å²) in [5.74, 6) is -0.442. The second kappa shape index (κ2) is 10.7. The largest absolute Gasteiger partial charge is 0.416 e. The number of carbonyl (C=O) groups is 1. The van der Waals surface area contributed by atoms with Gasteiger partial charge in [-0.25, -0.2) is 9.89 Å². The fraction of sp³-hybridized carbons (Fsp3) is 0.423. The molecule has 1 saturated heterocycles. The van der Waals surface area contributed by atoms with Gasteiger partial charge in [-0.2, -0.15) is 31.4 Å². The maximum absolute atomic E-state index is 13.4. The number of hydrogen-bond donors (Lipinski definition) is 3. The summed E-state index contributed by atoms with van der Waals surface area (Å²) in [4.78, 5) is 25.4. The molecule has 0 aliphatic carbocycles. The molecule has 0 saturated carbocycles. The van der Waals surface area contributed by atoms with Gasteiger partial charge < -0.3 is 15.4 Å². The Hall–Kier alpha value is -3.65. The highest BCUT2D eigenvalue weighted by atomic mass is 19.4. The van der Waals surface area contributed by atoms with E-state index in [4.69, 9.17) is 4.74 Å². The van der Waals surface area contributed by atoms with Crippen molar-refractivity contribution in [1.29, 1.82) is 0 Å². The number of benzene rings is 2. The van der Waals surface area contributed by atoms with E-state index in [9.17, 15) is 35.9 Å². The van der Waals surface area contributed by atoms with Crippen molar-refractivity contribution < 1.29 is 35.9 Å². The Kier molecular flexibility index (Phi) is 7.87. The van der Waals surface area contributed by atoms with Crippen LogP contribution in [-0.4, -0.2) is 40.9 Å². The van der Waals surface area contributed by atoms with Crippen LogP contribution in [0.15, 0.2) is 59.7 Å². The average molecular weight is 572 g/mol. The van der Waals surface area contributed by atoms with E-state index < -0.39 is 52.3 Å². The van der Waals surface area contributed by atoms with Crippen molar-refractivity contribution >= 4 is 5.91 Å². The van der Waals surface area contributed by atoms with E-state index in [1.54, 1.807) is 30.3 Å². The van der Waals surface area contributed by atoms with Gasteiger partial charge >= 0.3 is 18.0 Å². The van der Waals surface area contributed by atoms with Crippen LogP contribution in [-0.2, 0) is 33.0 Å². The number of nitrogens with zero attached hydrogens (tertiary/aromatic N) is 2. The predicted molar refractivity (Wildman–Crippen MR) is 131 cm³/mol. The second-order valence-electron chi connectivity index (χ2n) is 9.74. The third kappa shape index (κ3) is 5.63. The standard InChI is InChI=1S/C26H27F6N5O3/c1-16(17-10-19(25(27,28)29)12-20(11-17)26(30,31)32)40-14-23(18-6-4-3-5-7-18)8-9-24(13-34-23,21(38)33-2)37-15-35-36-22(37)39/h3-7,10-12,15-16,34H,8-9,13-14H2,1-2H3,(H,33,38)(H,36,39)/t16-,23-,24-/m1/s1. The third-order valence-corrected chi connectivity index (χ3v) is 7.33. The van der Waals surface area contributed by atoms with Gasteiger partial charge in [0.05, 0.1) is 29.4 Å². The maximum Gasteiger partial charge on any atom is 0.416 e. The van der Waals surface area contributed by atoms with Gasteiger partial charge in [0.1, 0.15) is 11.9 Å². The Morgan fingerprint density at radius 3 is 2.17 bits per heavy atom. The summed E-state index contributed by atoms with van der Waals surface area (Å²) in [6.07, 6.45) is -9.52. The van der Waals surface area contributed by atoms with Crippen LogP contribution < -0.4 is 16.3 Å². The molecule has 1 aromatic heterocycles. The average Bonchev–Trinajstić information content (AvgIpc) is 3.37. The third-order valence-electron chi connectivity index (χ3n) is 7.33. The van der Waals surface area contributed by atoms with E-state index in [0.29, 0.717) is 12.1 Å². The van der Waals surface area contributed by atoms with Crippen molar-refractivity contribution in [3.63, 3.8) is 0 Å². The fourth-order valence-electron chi connectivity index (χ4n) is 4.99. The Bertz CT molecular complexity index is 1360. The zero-order chi connectivity index (χ0) is 29.3. The molecular formula is C26H27F6N5O3. The molecule has 1 aliphatic rings. The highest BCUT2D eigenvalue weighted by Gasteiger charge is 2.50. The molecule has 2 aromatic carbocycles. The summed E-state index contributed by atoms with van der Waals surface area (Å²) in [5.41, 5.74) is -5.32. The minimum absolute atomic E-state index is 0.0411. The van der Waals surface area contributed by atoms with Crippen LogP contribution in [0.3, 0.4) is 0 Å². The fourth-order valence-corrected chi connectivity index (χ4v) is 4.99. The van der Waals surface area contributed by atoms with Crippen molar-refractivity contribution in [3.8, 4) is 0 Å². The number of alkyl halides is 6. The van der Waals surface area contributed by atoms with E-state index in [2.05, 4.69) is 20.8 Å². The molecule has 0 spiro atoms. The highest BCUT2D eigenvalue weighted by molar-refractivity contribution is 5.84. The highest BCUT2D eigenvalue weighted by Crippen LogP contribution is 2.40. The Labute approximate surface area is 224 Å². The van der Waals surface area contributed by atoms with Crippen molar-refractivity contribution in [2.24, 2.45) is 0 Å². The minimum Gasteiger partial charge on any atom is -0.372 e. The van der Waals surface area contributed by atoms with Gasteiger partial charge in [-0.05, 0) is 49.1 Å². The van der Waals surface area contributed by atoms with Gasteiger partial charge in [0.25, 0.3) is 0 Å². The first kappa shape index (κ1) is 29.3. The minimum atomic E-state index is -4.99. The SMILES string of the molecule is CNC(=O)[C@@]1(n2cn[nH]c2=O)CC[C@@](CO[C@H](C)c2cc(C(F)(F)F)cc(C(F)(F)F)c2)(c2ccccc2)NC1. The molecule has 0 unspecified atom stereocenters. The molecule has 40 heavy (non-hydrogen) atoms. The van der Waals surface area contributed by atoms with Gasteiger partial charge in [-0.1, -0.05) is 30.3 Å². The lowest BCUT2D eigenvalue weighted by Crippen LogP contribution is -2.64. The van der Waals surface area contributed by atoms with Gasteiger partial charge in [0.2, 0.25) is 5.91 Å². The lowest BCUT2D eigenvalue weighted by atomic mass is 9.75. The number of nitrogens with one attached hydrogen (secondary N) is 3. The lowest BCUT2D eigenvalue weighted by molar-refractivity contribution is -0.143. The van der Waals surface area contributed by atoms with E-state index in [0.717, 1.165) is 5.56 Å². The van der Waals surface area contributed by atoms with Crippen LogP contribution in [0.2, 0.25) is 0 Å². The first-order valence-electron chi connectivity index (χ1n) is 12.3. The van der Waals surface area contributed by atoms with Crippen LogP contribution in [0, 0.1) is 0 Å². The molecule has 0 radical (unpaired) electrons. The number of aromatic amines is 1. The number of amides is 1. The van der Waals surface area contributed by atoms with Crippen LogP contribution in [0.4, 0.5) is 26.3 Å². The number of carbonyl (C=O) groups excluding carboxylic acids is 1. The summed E-state index contributed by atoms with van der Waals surface area (Å²) in [5, 5.41) is 11.9. The monoisotopic (exact) mass is 571 g/mol. The first-order valence-corrected chi connectivity index (χ1v) is 12.3. The Balaban J connectivity index is 1.65. The summed E-state index contributed by atoms with van der Waals surface area (Å²) >= 11 is 0. The van der Waals surface area contributed by atoms with E-state index >= 15 is 0 Å². The van der Waals surface area contributed by atoms with E-state index in [1.165, 1.54) is 24.9 Å². The molecular weight excluding hydrogens is 544 g/mol. The molecule has 216 valence electrons. The number of piperidine rings is 1. The number of ether oxygens (including phenoxy) is 1. The van der Waals surface area contributed by atoms with Crippen LogP contribution in [0.25, 0.3) is 0 Å². The van der Waals surface area contributed by atoms with Crippen molar-refractivity contribution in [3.05, 3.63) is 87.6 Å². The number of rotatable bonds is 7. The molecule has 2 heterocycles. The quantitative estimate of drug-likeness (QED) is 0.371. The van der Waals surface area contributed by atoms with Crippen molar-refractivity contribution in [2.75, 3.05) is 20.2 Å². The predicted octanol–water partition coefficient (Wildman–Crippen LogP) is 4.11. The molecule has 8 nitrogen and oxygen atoms in total. The number of aromatic nitrogens is 3. The number of halogens is 6. The van der Waals surface area contributed by atoms with Crippen molar-refractivity contribution in [1.82, 2.24) is 25.4 Å². The van der Waals surface area contributed by atoms with Gasteiger partial charge in [-0.15, -0.1) is 0 Å². The van der Waals surface area contributed by atoms with Crippen LogP contribution in [0.1, 0.15) is 48.1 Å². The number of H-pyrrole nitrogens is 1. The Morgan fingerprint density at radius 1 is 1.07 bits per heavy atom. The lowest BCUT2D eigenvalue weighted by Gasteiger charge is -2.46. The summed E-state index contributed by atoms with van der Waals surface area (Å²) < 4.78 is 87.5. The smallest absolute Gasteiger partial charge is 0.372 e. The van der Waals surface area contributed by atoms with Crippen LogP contribution >= 0.6 is 0 Å².